The van der Waals surface area contributed by atoms with E-state index in [4.69, 9.17) is 19.9 Å². The molecule has 2 N–H and O–H groups in total. The van der Waals surface area contributed by atoms with E-state index in [1.807, 2.05) is 0 Å². The van der Waals surface area contributed by atoms with Gasteiger partial charge in [-0.1, -0.05) is 0 Å². The van der Waals surface area contributed by atoms with Crippen LogP contribution < -0.4 is 19.9 Å². The lowest BCUT2D eigenvalue weighted by Crippen LogP contribution is -2.11. The molecule has 0 atom stereocenters. The van der Waals surface area contributed by atoms with Crippen LogP contribution in [0.3, 0.4) is 0 Å². The number of benzene rings is 2. The van der Waals surface area contributed by atoms with Crippen LogP contribution in [-0.2, 0) is 0 Å². The molecule has 0 aliphatic heterocycles. The van der Waals surface area contributed by atoms with Crippen LogP contribution in [0.5, 0.6) is 23.0 Å². The number of ether oxygens (including phenoxy) is 3. The largest absolute Gasteiger partial charge is 0.493 e. The van der Waals surface area contributed by atoms with E-state index in [9.17, 15) is 9.18 Å². The zero-order chi connectivity index (χ0) is 18.0. The Labute approximate surface area is 142 Å². The van der Waals surface area contributed by atoms with Crippen molar-refractivity contribution in [3.05, 3.63) is 54.0 Å². The van der Waals surface area contributed by atoms with E-state index in [0.717, 1.165) is 6.07 Å². The maximum Gasteiger partial charge on any atom is 0.248 e. The highest BCUT2D eigenvalue weighted by molar-refractivity contribution is 5.93. The SMILES string of the molecule is COc1cc2nccc(Oc3ccc(C(N)=O)cc3F)c2cc1OC. The Morgan fingerprint density at radius 1 is 1.00 bits per heavy atom. The number of pyridine rings is 1. The second kappa shape index (κ2) is 6.64. The molecule has 128 valence electrons. The molecule has 0 aliphatic carbocycles. The Bertz CT molecular complexity index is 959. The second-order valence-electron chi connectivity index (χ2n) is 5.14. The third-order valence-electron chi connectivity index (χ3n) is 3.64. The Hall–Kier alpha value is -3.35. The van der Waals surface area contributed by atoms with Crippen LogP contribution in [0.2, 0.25) is 0 Å². The number of amides is 1. The average molecular weight is 342 g/mol. The molecule has 1 heterocycles. The van der Waals surface area contributed by atoms with Crippen molar-refractivity contribution in [1.82, 2.24) is 4.98 Å². The van der Waals surface area contributed by atoms with Crippen LogP contribution >= 0.6 is 0 Å². The first-order valence-electron chi connectivity index (χ1n) is 7.31. The normalized spacial score (nSPS) is 10.5. The first-order valence-corrected chi connectivity index (χ1v) is 7.31. The summed E-state index contributed by atoms with van der Waals surface area (Å²) >= 11 is 0. The molecule has 7 heteroatoms. The molecule has 1 amide bonds. The molecule has 0 saturated heterocycles. The van der Waals surface area contributed by atoms with Crippen molar-refractivity contribution >= 4 is 16.8 Å². The van der Waals surface area contributed by atoms with Crippen molar-refractivity contribution in [1.29, 1.82) is 0 Å². The van der Waals surface area contributed by atoms with E-state index in [2.05, 4.69) is 4.98 Å². The summed E-state index contributed by atoms with van der Waals surface area (Å²) in [6, 6.07) is 8.79. The van der Waals surface area contributed by atoms with Crippen molar-refractivity contribution in [2.24, 2.45) is 5.73 Å². The number of hydrogen-bond donors (Lipinski definition) is 1. The summed E-state index contributed by atoms with van der Waals surface area (Å²) in [5.74, 6) is -0.0311. The van der Waals surface area contributed by atoms with Gasteiger partial charge in [0.05, 0.1) is 19.7 Å². The van der Waals surface area contributed by atoms with E-state index >= 15 is 0 Å². The van der Waals surface area contributed by atoms with Crippen LogP contribution in [0.25, 0.3) is 10.9 Å². The summed E-state index contributed by atoms with van der Waals surface area (Å²) in [6.07, 6.45) is 1.54. The Balaban J connectivity index is 2.06. The Morgan fingerprint density at radius 2 is 1.72 bits per heavy atom. The van der Waals surface area contributed by atoms with Gasteiger partial charge in [-0.05, 0) is 30.3 Å². The maximum absolute atomic E-state index is 14.2. The third kappa shape index (κ3) is 3.16. The quantitative estimate of drug-likeness (QED) is 0.769. The monoisotopic (exact) mass is 342 g/mol. The van der Waals surface area contributed by atoms with Crippen molar-refractivity contribution in [3.8, 4) is 23.0 Å². The number of nitrogens with zero attached hydrogens (tertiary/aromatic N) is 1. The molecule has 0 spiro atoms. The number of primary amides is 1. The van der Waals surface area contributed by atoms with Gasteiger partial charge < -0.3 is 19.9 Å². The first-order chi connectivity index (χ1) is 12.0. The highest BCUT2D eigenvalue weighted by atomic mass is 19.1. The molecule has 3 rings (SSSR count). The zero-order valence-electron chi connectivity index (χ0n) is 13.6. The average Bonchev–Trinajstić information content (AvgIpc) is 2.62. The molecule has 0 aliphatic rings. The van der Waals surface area contributed by atoms with Crippen LogP contribution in [0, 0.1) is 5.82 Å². The summed E-state index contributed by atoms with van der Waals surface area (Å²) in [6.45, 7) is 0. The van der Waals surface area contributed by atoms with Gasteiger partial charge in [-0.15, -0.1) is 0 Å². The lowest BCUT2D eigenvalue weighted by Gasteiger charge is -2.12. The topological polar surface area (TPSA) is 83.7 Å². The van der Waals surface area contributed by atoms with E-state index in [1.165, 1.54) is 26.4 Å². The van der Waals surface area contributed by atoms with Gasteiger partial charge in [-0.25, -0.2) is 4.39 Å². The van der Waals surface area contributed by atoms with Gasteiger partial charge >= 0.3 is 0 Å². The minimum atomic E-state index is -0.711. The van der Waals surface area contributed by atoms with Gasteiger partial charge in [0.2, 0.25) is 5.91 Å². The number of methoxy groups -OCH3 is 2. The number of hydrogen-bond acceptors (Lipinski definition) is 5. The second-order valence-corrected chi connectivity index (χ2v) is 5.14. The molecule has 0 radical (unpaired) electrons. The summed E-state index contributed by atoms with van der Waals surface area (Å²) in [4.78, 5) is 15.4. The molecule has 0 unspecified atom stereocenters. The van der Waals surface area contributed by atoms with Crippen molar-refractivity contribution in [3.63, 3.8) is 0 Å². The summed E-state index contributed by atoms with van der Waals surface area (Å²) in [5.41, 5.74) is 5.81. The fourth-order valence-corrected chi connectivity index (χ4v) is 2.39. The maximum atomic E-state index is 14.2. The number of aromatic nitrogens is 1. The molecule has 3 aromatic rings. The van der Waals surface area contributed by atoms with Crippen LogP contribution in [0.4, 0.5) is 4.39 Å². The molecule has 0 bridgehead atoms. The number of carbonyl (C=O) groups is 1. The fourth-order valence-electron chi connectivity index (χ4n) is 2.39. The van der Waals surface area contributed by atoms with E-state index in [1.54, 1.807) is 24.4 Å². The summed E-state index contributed by atoms with van der Waals surface area (Å²) in [7, 11) is 3.04. The molecule has 0 saturated carbocycles. The molecule has 6 nitrogen and oxygen atoms in total. The lowest BCUT2D eigenvalue weighted by molar-refractivity contribution is 0.1000. The van der Waals surface area contributed by atoms with Gasteiger partial charge in [0.25, 0.3) is 0 Å². The fraction of sp³-hybridized carbons (Fsp3) is 0.111. The predicted octanol–water partition coefficient (Wildman–Crippen LogP) is 3.28. The smallest absolute Gasteiger partial charge is 0.248 e. The van der Waals surface area contributed by atoms with Gasteiger partial charge in [0.1, 0.15) is 5.75 Å². The first kappa shape index (κ1) is 16.5. The highest BCUT2D eigenvalue weighted by Gasteiger charge is 2.14. The van der Waals surface area contributed by atoms with E-state index in [0.29, 0.717) is 28.2 Å². The predicted molar refractivity (Wildman–Crippen MR) is 89.8 cm³/mol. The number of fused-ring (bicyclic) bond motifs is 1. The number of rotatable bonds is 5. The van der Waals surface area contributed by atoms with Gasteiger partial charge in [0, 0.05) is 23.2 Å². The molecule has 0 fully saturated rings. The Kier molecular flexibility index (Phi) is 4.38. The van der Waals surface area contributed by atoms with Gasteiger partial charge in [-0.2, -0.15) is 0 Å². The molecular formula is C18H15FN2O4. The van der Waals surface area contributed by atoms with Crippen molar-refractivity contribution in [2.75, 3.05) is 14.2 Å². The minimum Gasteiger partial charge on any atom is -0.493 e. The molecular weight excluding hydrogens is 327 g/mol. The van der Waals surface area contributed by atoms with Gasteiger partial charge in [-0.3, -0.25) is 9.78 Å². The summed E-state index contributed by atoms with van der Waals surface area (Å²) < 4.78 is 30.4. The zero-order valence-corrected chi connectivity index (χ0v) is 13.6. The third-order valence-corrected chi connectivity index (χ3v) is 3.64. The Morgan fingerprint density at radius 3 is 2.36 bits per heavy atom. The van der Waals surface area contributed by atoms with Crippen LogP contribution in [0.15, 0.2) is 42.6 Å². The van der Waals surface area contributed by atoms with Crippen LogP contribution in [-0.4, -0.2) is 25.1 Å². The van der Waals surface area contributed by atoms with E-state index < -0.39 is 11.7 Å². The van der Waals surface area contributed by atoms with Gasteiger partial charge in [0.15, 0.2) is 23.1 Å². The van der Waals surface area contributed by atoms with Crippen molar-refractivity contribution in [2.45, 2.75) is 0 Å². The van der Waals surface area contributed by atoms with Crippen LogP contribution in [0.1, 0.15) is 10.4 Å². The lowest BCUT2D eigenvalue weighted by atomic mass is 10.1. The molecule has 25 heavy (non-hydrogen) atoms. The standard InChI is InChI=1S/C18H15FN2O4/c1-23-16-8-11-13(9-17(16)24-2)21-6-5-14(11)25-15-4-3-10(18(20)22)7-12(15)19/h3-9H,1-2H3,(H2,20,22). The highest BCUT2D eigenvalue weighted by Crippen LogP contribution is 2.37. The minimum absolute atomic E-state index is 0.0349. The summed E-state index contributed by atoms with van der Waals surface area (Å²) in [5, 5.41) is 0.624. The molecule has 1 aromatic heterocycles. The number of nitrogens with two attached hydrogens (primary N) is 1. The van der Waals surface area contributed by atoms with E-state index in [-0.39, 0.29) is 11.3 Å². The molecule has 2 aromatic carbocycles. The number of carbonyl (C=O) groups excluding carboxylic acids is 1. The number of halogens is 1. The van der Waals surface area contributed by atoms with Crippen molar-refractivity contribution < 1.29 is 23.4 Å².